The van der Waals surface area contributed by atoms with E-state index in [0.717, 1.165) is 4.88 Å². The molecule has 0 fully saturated rings. The Bertz CT molecular complexity index is 916. The standard InChI is InChI=1S/C20H26N2O4S2/c1-5-22(6-2)28(24,25)17-10-11-19(26-15(3)4)18(14-17)21-20(23)12-9-16-8-7-13-27-16/h7-15H,5-6H2,1-4H3,(H,21,23)/b12-9+. The number of anilines is 1. The number of hydrogen-bond donors (Lipinski definition) is 1. The van der Waals surface area contributed by atoms with Gasteiger partial charge in [-0.15, -0.1) is 11.3 Å². The summed E-state index contributed by atoms with van der Waals surface area (Å²) in [6.45, 7) is 8.04. The van der Waals surface area contributed by atoms with Gasteiger partial charge in [0.2, 0.25) is 15.9 Å². The molecule has 1 aromatic carbocycles. The molecule has 1 amide bonds. The molecule has 0 spiro atoms. The molecule has 0 aliphatic rings. The fourth-order valence-corrected chi connectivity index (χ4v) is 4.66. The molecule has 152 valence electrons. The van der Waals surface area contributed by atoms with Crippen molar-refractivity contribution in [1.82, 2.24) is 4.31 Å². The molecule has 1 aromatic heterocycles. The number of thiophene rings is 1. The van der Waals surface area contributed by atoms with E-state index in [-0.39, 0.29) is 16.9 Å². The fourth-order valence-electron chi connectivity index (χ4n) is 2.55. The molecule has 28 heavy (non-hydrogen) atoms. The van der Waals surface area contributed by atoms with Gasteiger partial charge in [-0.1, -0.05) is 19.9 Å². The second-order valence-electron chi connectivity index (χ2n) is 6.25. The Hall–Kier alpha value is -2.16. The lowest BCUT2D eigenvalue weighted by molar-refractivity contribution is -0.111. The number of nitrogens with zero attached hydrogens (tertiary/aromatic N) is 1. The van der Waals surface area contributed by atoms with Crippen LogP contribution in [0.15, 0.2) is 46.7 Å². The van der Waals surface area contributed by atoms with Crippen molar-refractivity contribution in [3.8, 4) is 5.75 Å². The second kappa shape index (κ2) is 9.86. The molecule has 1 N–H and O–H groups in total. The first-order chi connectivity index (χ1) is 13.3. The highest BCUT2D eigenvalue weighted by molar-refractivity contribution is 7.89. The summed E-state index contributed by atoms with van der Waals surface area (Å²) in [5.74, 6) is 0.0609. The molecule has 2 aromatic rings. The number of ether oxygens (including phenoxy) is 1. The Morgan fingerprint density at radius 2 is 1.96 bits per heavy atom. The van der Waals surface area contributed by atoms with Crippen LogP contribution >= 0.6 is 11.3 Å². The monoisotopic (exact) mass is 422 g/mol. The molecule has 0 saturated carbocycles. The van der Waals surface area contributed by atoms with E-state index in [0.29, 0.717) is 24.5 Å². The Balaban J connectivity index is 2.34. The number of nitrogens with one attached hydrogen (secondary N) is 1. The van der Waals surface area contributed by atoms with Crippen LogP contribution < -0.4 is 10.1 Å². The molecule has 0 aliphatic heterocycles. The molecule has 8 heteroatoms. The highest BCUT2D eigenvalue weighted by Gasteiger charge is 2.23. The predicted octanol–water partition coefficient (Wildman–Crippen LogP) is 4.22. The molecule has 0 radical (unpaired) electrons. The minimum absolute atomic E-state index is 0.116. The smallest absolute Gasteiger partial charge is 0.248 e. The number of benzene rings is 1. The molecule has 0 saturated heterocycles. The molecular weight excluding hydrogens is 396 g/mol. The summed E-state index contributed by atoms with van der Waals surface area (Å²) in [6, 6.07) is 8.33. The van der Waals surface area contributed by atoms with Gasteiger partial charge in [-0.25, -0.2) is 8.42 Å². The van der Waals surface area contributed by atoms with Crippen molar-refractivity contribution in [2.45, 2.75) is 38.7 Å². The first-order valence-electron chi connectivity index (χ1n) is 9.11. The van der Waals surface area contributed by atoms with Crippen LogP contribution in [-0.4, -0.2) is 37.8 Å². The molecular formula is C20H26N2O4S2. The third-order valence-electron chi connectivity index (χ3n) is 3.86. The van der Waals surface area contributed by atoms with Crippen LogP contribution in [0, 0.1) is 0 Å². The van der Waals surface area contributed by atoms with E-state index in [1.54, 1.807) is 26.0 Å². The van der Waals surface area contributed by atoms with E-state index in [1.165, 1.54) is 33.9 Å². The average molecular weight is 423 g/mol. The van der Waals surface area contributed by atoms with Crippen LogP contribution in [0.4, 0.5) is 5.69 Å². The van der Waals surface area contributed by atoms with Crippen molar-refractivity contribution in [2.75, 3.05) is 18.4 Å². The van der Waals surface area contributed by atoms with Gasteiger partial charge in [-0.2, -0.15) is 4.31 Å². The van der Waals surface area contributed by atoms with Gasteiger partial charge in [0.25, 0.3) is 0 Å². The van der Waals surface area contributed by atoms with Gasteiger partial charge in [-0.05, 0) is 49.6 Å². The van der Waals surface area contributed by atoms with Crippen LogP contribution in [0.3, 0.4) is 0 Å². The Morgan fingerprint density at radius 3 is 2.54 bits per heavy atom. The summed E-state index contributed by atoms with van der Waals surface area (Å²) in [6.07, 6.45) is 3.00. The lowest BCUT2D eigenvalue weighted by Gasteiger charge is -2.20. The van der Waals surface area contributed by atoms with Gasteiger partial charge >= 0.3 is 0 Å². The maximum atomic E-state index is 12.8. The first kappa shape index (κ1) is 22.1. The third kappa shape index (κ3) is 5.67. The van der Waals surface area contributed by atoms with Crippen molar-refractivity contribution in [2.24, 2.45) is 0 Å². The molecule has 0 atom stereocenters. The molecule has 6 nitrogen and oxygen atoms in total. The fraction of sp³-hybridized carbons (Fsp3) is 0.350. The van der Waals surface area contributed by atoms with Gasteiger partial charge in [0, 0.05) is 24.0 Å². The zero-order valence-corrected chi connectivity index (χ0v) is 18.1. The number of amides is 1. The van der Waals surface area contributed by atoms with Crippen LogP contribution in [0.2, 0.25) is 0 Å². The Kier molecular flexibility index (Phi) is 7.79. The molecule has 1 heterocycles. The molecule has 0 aliphatic carbocycles. The highest BCUT2D eigenvalue weighted by atomic mass is 32.2. The minimum atomic E-state index is -3.64. The largest absolute Gasteiger partial charge is 0.489 e. The lowest BCUT2D eigenvalue weighted by Crippen LogP contribution is -2.30. The second-order valence-corrected chi connectivity index (χ2v) is 9.17. The maximum Gasteiger partial charge on any atom is 0.248 e. The average Bonchev–Trinajstić information content (AvgIpc) is 3.15. The Labute approximate surface area is 170 Å². The maximum absolute atomic E-state index is 12.8. The van der Waals surface area contributed by atoms with E-state index in [2.05, 4.69) is 5.32 Å². The van der Waals surface area contributed by atoms with Crippen LogP contribution in [-0.2, 0) is 14.8 Å². The molecule has 0 unspecified atom stereocenters. The Morgan fingerprint density at radius 1 is 1.25 bits per heavy atom. The number of carbonyl (C=O) groups is 1. The van der Waals surface area contributed by atoms with E-state index in [9.17, 15) is 13.2 Å². The normalized spacial score (nSPS) is 12.1. The minimum Gasteiger partial charge on any atom is -0.489 e. The summed E-state index contributed by atoms with van der Waals surface area (Å²) in [5.41, 5.74) is 0.322. The van der Waals surface area contributed by atoms with Crippen molar-refractivity contribution in [3.63, 3.8) is 0 Å². The van der Waals surface area contributed by atoms with Crippen molar-refractivity contribution in [1.29, 1.82) is 0 Å². The zero-order valence-electron chi connectivity index (χ0n) is 16.5. The summed E-state index contributed by atoms with van der Waals surface area (Å²) in [7, 11) is -3.64. The van der Waals surface area contributed by atoms with Gasteiger partial charge in [0.05, 0.1) is 16.7 Å². The highest BCUT2D eigenvalue weighted by Crippen LogP contribution is 2.30. The summed E-state index contributed by atoms with van der Waals surface area (Å²) in [4.78, 5) is 13.4. The number of rotatable bonds is 9. The van der Waals surface area contributed by atoms with Gasteiger partial charge in [0.15, 0.2) is 0 Å². The van der Waals surface area contributed by atoms with Gasteiger partial charge < -0.3 is 10.1 Å². The summed E-state index contributed by atoms with van der Waals surface area (Å²) in [5, 5.41) is 4.66. The third-order valence-corrected chi connectivity index (χ3v) is 6.74. The van der Waals surface area contributed by atoms with E-state index in [4.69, 9.17) is 4.74 Å². The van der Waals surface area contributed by atoms with E-state index < -0.39 is 10.0 Å². The van der Waals surface area contributed by atoms with Crippen LogP contribution in [0.1, 0.15) is 32.6 Å². The lowest BCUT2D eigenvalue weighted by atomic mass is 10.2. The summed E-state index contributed by atoms with van der Waals surface area (Å²) < 4.78 is 32.7. The SMILES string of the molecule is CCN(CC)S(=O)(=O)c1ccc(OC(C)C)c(NC(=O)/C=C/c2cccs2)c1. The zero-order chi connectivity index (χ0) is 20.7. The quantitative estimate of drug-likeness (QED) is 0.614. The van der Waals surface area contributed by atoms with Gasteiger partial charge in [0.1, 0.15) is 5.75 Å². The van der Waals surface area contributed by atoms with Crippen molar-refractivity contribution >= 4 is 39.0 Å². The molecule has 0 bridgehead atoms. The molecule has 2 rings (SSSR count). The van der Waals surface area contributed by atoms with Crippen LogP contribution in [0.5, 0.6) is 5.75 Å². The first-order valence-corrected chi connectivity index (χ1v) is 11.4. The van der Waals surface area contributed by atoms with E-state index >= 15 is 0 Å². The number of sulfonamides is 1. The topological polar surface area (TPSA) is 75.7 Å². The predicted molar refractivity (Wildman–Crippen MR) is 114 cm³/mol. The number of hydrogen-bond acceptors (Lipinski definition) is 5. The van der Waals surface area contributed by atoms with Gasteiger partial charge in [-0.3, -0.25) is 4.79 Å². The number of carbonyl (C=O) groups excluding carboxylic acids is 1. The van der Waals surface area contributed by atoms with E-state index in [1.807, 2.05) is 31.4 Å². The van der Waals surface area contributed by atoms with Crippen LogP contribution in [0.25, 0.3) is 6.08 Å². The van der Waals surface area contributed by atoms with Crippen molar-refractivity contribution < 1.29 is 17.9 Å². The van der Waals surface area contributed by atoms with Crippen molar-refractivity contribution in [3.05, 3.63) is 46.7 Å². The summed E-state index contributed by atoms with van der Waals surface area (Å²) >= 11 is 1.52.